The molecule has 0 aliphatic carbocycles. The third-order valence-corrected chi connectivity index (χ3v) is 5.13. The maximum Gasteiger partial charge on any atom is 0.287 e. The zero-order valence-corrected chi connectivity index (χ0v) is 18.9. The monoisotopic (exact) mass is 488 g/mol. The molecule has 11 heteroatoms. The number of carbonyl (C=O) groups is 2. The predicted octanol–water partition coefficient (Wildman–Crippen LogP) is 3.26. The number of amides is 2. The number of phenolic OH excluding ortho intramolecular Hbond substituents is 1. The van der Waals surface area contributed by atoms with Crippen molar-refractivity contribution in [1.29, 1.82) is 0 Å². The molecule has 0 saturated carbocycles. The Morgan fingerprint density at radius 3 is 2.58 bits per heavy atom. The zero-order chi connectivity index (χ0) is 25.7. The lowest BCUT2D eigenvalue weighted by Crippen LogP contribution is -2.32. The second kappa shape index (κ2) is 10.4. The number of phenols is 1. The molecule has 0 unspecified atom stereocenters. The van der Waals surface area contributed by atoms with Gasteiger partial charge in [0.15, 0.2) is 11.5 Å². The van der Waals surface area contributed by atoms with Crippen molar-refractivity contribution in [1.82, 2.24) is 10.7 Å². The van der Waals surface area contributed by atoms with Crippen LogP contribution in [0.1, 0.15) is 27.0 Å². The molecule has 0 saturated heterocycles. The molecule has 0 fully saturated rings. The summed E-state index contributed by atoms with van der Waals surface area (Å²) in [5, 5.41) is 27.6. The van der Waals surface area contributed by atoms with Gasteiger partial charge in [0.05, 0.1) is 11.1 Å². The van der Waals surface area contributed by atoms with Crippen LogP contribution >= 0.6 is 0 Å². The Morgan fingerprint density at radius 1 is 1.08 bits per heavy atom. The van der Waals surface area contributed by atoms with Crippen LogP contribution in [0.5, 0.6) is 17.2 Å². The number of fused-ring (bicyclic) bond motifs is 1. The van der Waals surface area contributed by atoms with Crippen molar-refractivity contribution in [3.63, 3.8) is 0 Å². The quantitative estimate of drug-likeness (QED) is 0.200. The molecule has 3 aromatic carbocycles. The fourth-order valence-electron chi connectivity index (χ4n) is 3.32. The molecule has 0 spiro atoms. The summed E-state index contributed by atoms with van der Waals surface area (Å²) in [6.07, 6.45) is 2.51. The first kappa shape index (κ1) is 24.0. The van der Waals surface area contributed by atoms with E-state index < -0.39 is 16.7 Å². The summed E-state index contributed by atoms with van der Waals surface area (Å²) in [6, 6.07) is 15.7. The van der Waals surface area contributed by atoms with Gasteiger partial charge in [-0.3, -0.25) is 19.7 Å². The molecule has 2 amide bonds. The molecular formula is C25H20N4O7. The zero-order valence-electron chi connectivity index (χ0n) is 18.9. The minimum absolute atomic E-state index is 0.0385. The van der Waals surface area contributed by atoms with Crippen LogP contribution in [-0.4, -0.2) is 34.9 Å². The van der Waals surface area contributed by atoms with Crippen LogP contribution < -0.4 is 20.2 Å². The topological polar surface area (TPSA) is 152 Å². The molecule has 0 aromatic heterocycles. The number of carbonyl (C=O) groups excluding carboxylic acids is 2. The Hall–Kier alpha value is -5.19. The largest absolute Gasteiger partial charge is 0.507 e. The molecule has 182 valence electrons. The highest BCUT2D eigenvalue weighted by molar-refractivity contribution is 6.05. The average molecular weight is 488 g/mol. The average Bonchev–Trinajstić information content (AvgIpc) is 3.34. The van der Waals surface area contributed by atoms with E-state index in [2.05, 4.69) is 15.8 Å². The minimum Gasteiger partial charge on any atom is -0.507 e. The van der Waals surface area contributed by atoms with Gasteiger partial charge in [0.25, 0.3) is 17.5 Å². The fourth-order valence-corrected chi connectivity index (χ4v) is 3.32. The molecule has 0 atom stereocenters. The van der Waals surface area contributed by atoms with Crippen LogP contribution in [0.3, 0.4) is 0 Å². The predicted molar refractivity (Wildman–Crippen MR) is 130 cm³/mol. The summed E-state index contributed by atoms with van der Waals surface area (Å²) in [5.74, 6) is -0.453. The van der Waals surface area contributed by atoms with E-state index in [0.29, 0.717) is 22.6 Å². The van der Waals surface area contributed by atoms with Gasteiger partial charge in [0.2, 0.25) is 6.79 Å². The first-order chi connectivity index (χ1) is 17.3. The summed E-state index contributed by atoms with van der Waals surface area (Å²) < 4.78 is 10.6. The van der Waals surface area contributed by atoms with E-state index in [-0.39, 0.29) is 35.1 Å². The number of aromatic hydroxyl groups is 1. The maximum atomic E-state index is 12.9. The Morgan fingerprint density at radius 2 is 1.83 bits per heavy atom. The van der Waals surface area contributed by atoms with E-state index >= 15 is 0 Å². The van der Waals surface area contributed by atoms with Crippen LogP contribution in [-0.2, 0) is 4.79 Å². The van der Waals surface area contributed by atoms with Crippen molar-refractivity contribution in [2.24, 2.45) is 5.10 Å². The van der Waals surface area contributed by atoms with Crippen molar-refractivity contribution in [2.45, 2.75) is 6.92 Å². The van der Waals surface area contributed by atoms with Gasteiger partial charge < -0.3 is 19.9 Å². The van der Waals surface area contributed by atoms with E-state index in [4.69, 9.17) is 9.47 Å². The number of non-ortho nitro benzene ring substituents is 1. The number of hydrazone groups is 1. The maximum absolute atomic E-state index is 12.9. The summed E-state index contributed by atoms with van der Waals surface area (Å²) in [7, 11) is 0. The summed E-state index contributed by atoms with van der Waals surface area (Å²) in [4.78, 5) is 36.1. The van der Waals surface area contributed by atoms with Crippen molar-refractivity contribution in [3.05, 3.63) is 98.7 Å². The second-order valence-electron chi connectivity index (χ2n) is 7.65. The van der Waals surface area contributed by atoms with Gasteiger partial charge in [-0.2, -0.15) is 5.10 Å². The molecule has 1 aliphatic heterocycles. The molecule has 1 heterocycles. The summed E-state index contributed by atoms with van der Waals surface area (Å²) in [6.45, 7) is 1.59. The number of rotatable bonds is 7. The number of nitro groups is 1. The Labute approximate surface area is 204 Å². The van der Waals surface area contributed by atoms with E-state index in [1.807, 2.05) is 0 Å². The van der Waals surface area contributed by atoms with Crippen molar-refractivity contribution in [2.75, 3.05) is 6.79 Å². The number of hydrogen-bond acceptors (Lipinski definition) is 8. The Balaban J connectivity index is 1.59. The summed E-state index contributed by atoms with van der Waals surface area (Å²) >= 11 is 0. The highest BCUT2D eigenvalue weighted by Crippen LogP contribution is 2.33. The molecule has 3 N–H and O–H groups in total. The van der Waals surface area contributed by atoms with Crippen molar-refractivity contribution in [3.8, 4) is 17.2 Å². The first-order valence-electron chi connectivity index (χ1n) is 10.6. The van der Waals surface area contributed by atoms with E-state index in [1.165, 1.54) is 19.1 Å². The molecule has 0 bridgehead atoms. The smallest absolute Gasteiger partial charge is 0.287 e. The lowest BCUT2D eigenvalue weighted by atomic mass is 10.1. The lowest BCUT2D eigenvalue weighted by Gasteiger charge is -2.09. The van der Waals surface area contributed by atoms with Crippen LogP contribution in [0.15, 0.2) is 71.5 Å². The number of hydrogen-bond donors (Lipinski definition) is 3. The van der Waals surface area contributed by atoms with Gasteiger partial charge in [-0.25, -0.2) is 5.43 Å². The van der Waals surface area contributed by atoms with Crippen LogP contribution in [0.4, 0.5) is 5.69 Å². The normalized spacial score (nSPS) is 12.4. The van der Waals surface area contributed by atoms with Gasteiger partial charge in [0.1, 0.15) is 11.4 Å². The van der Waals surface area contributed by atoms with E-state index in [0.717, 1.165) is 12.3 Å². The highest BCUT2D eigenvalue weighted by Gasteiger charge is 2.17. The van der Waals surface area contributed by atoms with Crippen LogP contribution in [0.2, 0.25) is 0 Å². The van der Waals surface area contributed by atoms with Gasteiger partial charge >= 0.3 is 0 Å². The third-order valence-electron chi connectivity index (χ3n) is 5.13. The molecule has 36 heavy (non-hydrogen) atoms. The second-order valence-corrected chi connectivity index (χ2v) is 7.65. The third kappa shape index (κ3) is 5.47. The van der Waals surface area contributed by atoms with E-state index in [9.17, 15) is 24.8 Å². The number of benzene rings is 3. The molecule has 4 rings (SSSR count). The number of aryl methyl sites for hydroxylation is 1. The molecule has 11 nitrogen and oxygen atoms in total. The number of nitro benzene ring substituents is 1. The van der Waals surface area contributed by atoms with Crippen LogP contribution in [0.25, 0.3) is 6.08 Å². The number of nitrogens with one attached hydrogen (secondary N) is 2. The SMILES string of the molecule is Cc1cc([N+](=O)[O-])cc(/C=N/NC(=O)/C(=C\c2ccc3c(c2)OCO3)NC(=O)c2ccccc2)c1O. The van der Waals surface area contributed by atoms with Gasteiger partial charge in [-0.15, -0.1) is 0 Å². The van der Waals surface area contributed by atoms with Gasteiger partial charge in [0, 0.05) is 23.3 Å². The Kier molecular flexibility index (Phi) is 6.91. The van der Waals surface area contributed by atoms with Gasteiger partial charge in [-0.1, -0.05) is 24.3 Å². The number of nitrogens with zero attached hydrogens (tertiary/aromatic N) is 2. The van der Waals surface area contributed by atoms with E-state index in [1.54, 1.807) is 48.5 Å². The number of ether oxygens (including phenoxy) is 2. The minimum atomic E-state index is -0.769. The standard InChI is InChI=1S/C25H20N4O7/c1-15-9-19(29(33)34)12-18(23(15)30)13-26-28-25(32)20(27-24(31)17-5-3-2-4-6-17)10-16-7-8-21-22(11-16)36-14-35-21/h2-13,30H,14H2,1H3,(H,27,31)(H,28,32)/b20-10+,26-13+. The van der Waals surface area contributed by atoms with Gasteiger partial charge in [-0.05, 0) is 48.4 Å². The Bertz CT molecular complexity index is 1400. The first-order valence-corrected chi connectivity index (χ1v) is 10.6. The van der Waals surface area contributed by atoms with Crippen molar-refractivity contribution < 1.29 is 29.1 Å². The lowest BCUT2D eigenvalue weighted by molar-refractivity contribution is -0.384. The highest BCUT2D eigenvalue weighted by atomic mass is 16.7. The van der Waals surface area contributed by atoms with Crippen LogP contribution in [0, 0.1) is 17.0 Å². The molecule has 0 radical (unpaired) electrons. The van der Waals surface area contributed by atoms with Crippen molar-refractivity contribution >= 4 is 29.8 Å². The summed E-state index contributed by atoms with van der Waals surface area (Å²) in [5.41, 5.74) is 3.10. The molecular weight excluding hydrogens is 468 g/mol. The molecule has 3 aromatic rings. The molecule has 1 aliphatic rings. The fraction of sp³-hybridized carbons (Fsp3) is 0.0800.